The molecule has 0 heterocycles. The maximum Gasteiger partial charge on any atom is 0.0325 e. The number of aryl methyl sites for hydroxylation is 3. The highest BCUT2D eigenvalue weighted by molar-refractivity contribution is 5.39. The Kier molecular flexibility index (Phi) is 5.65. The molecule has 2 rings (SSSR count). The SMILES string of the molecule is CCNC(CCC1CCCC1)c1c(C)cc(C)cc1C. The van der Waals surface area contributed by atoms with Crippen molar-refractivity contribution in [1.82, 2.24) is 5.32 Å². The molecule has 1 atom stereocenters. The minimum Gasteiger partial charge on any atom is -0.310 e. The monoisotopic (exact) mass is 273 g/mol. The Labute approximate surface area is 125 Å². The molecule has 1 unspecified atom stereocenters. The molecule has 1 aliphatic carbocycles. The van der Waals surface area contributed by atoms with E-state index in [1.807, 2.05) is 0 Å². The Morgan fingerprint density at radius 1 is 1.10 bits per heavy atom. The second kappa shape index (κ2) is 7.26. The van der Waals surface area contributed by atoms with Gasteiger partial charge >= 0.3 is 0 Å². The fourth-order valence-corrected chi connectivity index (χ4v) is 4.04. The van der Waals surface area contributed by atoms with Gasteiger partial charge in [-0.2, -0.15) is 0 Å². The average Bonchev–Trinajstić information content (AvgIpc) is 2.87. The quantitative estimate of drug-likeness (QED) is 0.748. The van der Waals surface area contributed by atoms with E-state index < -0.39 is 0 Å². The van der Waals surface area contributed by atoms with Gasteiger partial charge in [0.2, 0.25) is 0 Å². The van der Waals surface area contributed by atoms with E-state index in [-0.39, 0.29) is 0 Å². The average molecular weight is 273 g/mol. The molecule has 0 amide bonds. The van der Waals surface area contributed by atoms with Crippen LogP contribution in [0.4, 0.5) is 0 Å². The summed E-state index contributed by atoms with van der Waals surface area (Å²) in [5, 5.41) is 3.72. The predicted octanol–water partition coefficient (Wildman–Crippen LogP) is 5.23. The zero-order valence-electron chi connectivity index (χ0n) is 13.8. The molecular formula is C19H31N. The summed E-state index contributed by atoms with van der Waals surface area (Å²) in [5.41, 5.74) is 5.85. The molecule has 1 saturated carbocycles. The van der Waals surface area contributed by atoms with Crippen molar-refractivity contribution < 1.29 is 0 Å². The minimum absolute atomic E-state index is 0.543. The molecule has 1 N–H and O–H groups in total. The molecule has 0 bridgehead atoms. The fraction of sp³-hybridized carbons (Fsp3) is 0.684. The molecule has 1 nitrogen and oxygen atoms in total. The fourth-order valence-electron chi connectivity index (χ4n) is 4.04. The van der Waals surface area contributed by atoms with E-state index in [0.717, 1.165) is 12.5 Å². The number of benzene rings is 1. The van der Waals surface area contributed by atoms with Crippen LogP contribution in [0.5, 0.6) is 0 Å². The molecule has 0 aliphatic heterocycles. The van der Waals surface area contributed by atoms with Crippen molar-refractivity contribution in [3.8, 4) is 0 Å². The van der Waals surface area contributed by atoms with Crippen LogP contribution in [0.25, 0.3) is 0 Å². The standard InChI is InChI=1S/C19H31N/c1-5-20-18(11-10-17-8-6-7-9-17)19-15(3)12-14(2)13-16(19)4/h12-13,17-18,20H,5-11H2,1-4H3. The van der Waals surface area contributed by atoms with Gasteiger partial charge in [-0.15, -0.1) is 0 Å². The number of rotatable bonds is 6. The van der Waals surface area contributed by atoms with Crippen molar-refractivity contribution in [2.45, 2.75) is 72.3 Å². The Bertz CT molecular complexity index is 406. The molecule has 1 heteroatoms. The van der Waals surface area contributed by atoms with Crippen LogP contribution in [0.1, 0.15) is 73.7 Å². The van der Waals surface area contributed by atoms with Crippen molar-refractivity contribution in [2.24, 2.45) is 5.92 Å². The number of nitrogens with one attached hydrogen (secondary N) is 1. The molecule has 112 valence electrons. The van der Waals surface area contributed by atoms with Gasteiger partial charge in [-0.05, 0) is 62.8 Å². The molecule has 0 radical (unpaired) electrons. The van der Waals surface area contributed by atoms with Gasteiger partial charge < -0.3 is 5.32 Å². The Morgan fingerprint density at radius 3 is 2.25 bits per heavy atom. The summed E-state index contributed by atoms with van der Waals surface area (Å²) in [6.45, 7) is 10.0. The highest BCUT2D eigenvalue weighted by atomic mass is 14.9. The maximum absolute atomic E-state index is 3.72. The number of hydrogen-bond acceptors (Lipinski definition) is 1. The molecule has 0 spiro atoms. The van der Waals surface area contributed by atoms with Crippen molar-refractivity contribution in [1.29, 1.82) is 0 Å². The number of hydrogen-bond donors (Lipinski definition) is 1. The molecule has 20 heavy (non-hydrogen) atoms. The zero-order valence-corrected chi connectivity index (χ0v) is 13.8. The second-order valence-corrected chi connectivity index (χ2v) is 6.65. The zero-order chi connectivity index (χ0) is 14.5. The molecular weight excluding hydrogens is 242 g/mol. The van der Waals surface area contributed by atoms with E-state index in [9.17, 15) is 0 Å². The molecule has 0 saturated heterocycles. The first-order valence-corrected chi connectivity index (χ1v) is 8.43. The smallest absolute Gasteiger partial charge is 0.0325 e. The second-order valence-electron chi connectivity index (χ2n) is 6.65. The summed E-state index contributed by atoms with van der Waals surface area (Å²) in [4.78, 5) is 0. The lowest BCUT2D eigenvalue weighted by molar-refractivity contribution is 0.415. The van der Waals surface area contributed by atoms with Crippen LogP contribution in [0.3, 0.4) is 0 Å². The third-order valence-corrected chi connectivity index (χ3v) is 4.88. The van der Waals surface area contributed by atoms with E-state index in [0.29, 0.717) is 6.04 Å². The summed E-state index contributed by atoms with van der Waals surface area (Å²) in [6.07, 6.45) is 8.53. The topological polar surface area (TPSA) is 12.0 Å². The first kappa shape index (κ1) is 15.6. The highest BCUT2D eigenvalue weighted by Crippen LogP contribution is 2.33. The van der Waals surface area contributed by atoms with Gasteiger partial charge in [0.15, 0.2) is 0 Å². The van der Waals surface area contributed by atoms with Gasteiger partial charge in [-0.1, -0.05) is 50.3 Å². The molecule has 1 aromatic carbocycles. The van der Waals surface area contributed by atoms with Crippen LogP contribution in [0, 0.1) is 26.7 Å². The molecule has 1 fully saturated rings. The predicted molar refractivity (Wildman–Crippen MR) is 88.3 cm³/mol. The first-order valence-electron chi connectivity index (χ1n) is 8.43. The largest absolute Gasteiger partial charge is 0.310 e. The maximum atomic E-state index is 3.72. The van der Waals surface area contributed by atoms with Gasteiger partial charge in [-0.3, -0.25) is 0 Å². The van der Waals surface area contributed by atoms with Gasteiger partial charge in [0.25, 0.3) is 0 Å². The Morgan fingerprint density at radius 2 is 1.70 bits per heavy atom. The van der Waals surface area contributed by atoms with Crippen molar-refractivity contribution >= 4 is 0 Å². The van der Waals surface area contributed by atoms with Gasteiger partial charge in [0.05, 0.1) is 0 Å². The summed E-state index contributed by atoms with van der Waals surface area (Å²) in [6, 6.07) is 5.21. The van der Waals surface area contributed by atoms with Gasteiger partial charge in [-0.25, -0.2) is 0 Å². The lowest BCUT2D eigenvalue weighted by Crippen LogP contribution is -2.23. The van der Waals surface area contributed by atoms with E-state index >= 15 is 0 Å². The lowest BCUT2D eigenvalue weighted by Gasteiger charge is -2.24. The van der Waals surface area contributed by atoms with Crippen molar-refractivity contribution in [3.63, 3.8) is 0 Å². The van der Waals surface area contributed by atoms with E-state index in [2.05, 4.69) is 45.1 Å². The molecule has 0 aromatic heterocycles. The van der Waals surface area contributed by atoms with Crippen molar-refractivity contribution in [3.05, 3.63) is 34.4 Å². The van der Waals surface area contributed by atoms with Crippen LogP contribution in [0.2, 0.25) is 0 Å². The third-order valence-electron chi connectivity index (χ3n) is 4.88. The minimum atomic E-state index is 0.543. The van der Waals surface area contributed by atoms with E-state index in [4.69, 9.17) is 0 Å². The normalized spacial score (nSPS) is 17.6. The van der Waals surface area contributed by atoms with E-state index in [1.165, 1.54) is 55.2 Å². The first-order chi connectivity index (χ1) is 9.61. The van der Waals surface area contributed by atoms with Gasteiger partial charge in [0, 0.05) is 6.04 Å². The lowest BCUT2D eigenvalue weighted by atomic mass is 9.89. The summed E-state index contributed by atoms with van der Waals surface area (Å²) < 4.78 is 0. The Balaban J connectivity index is 2.10. The van der Waals surface area contributed by atoms with Crippen LogP contribution < -0.4 is 5.32 Å². The van der Waals surface area contributed by atoms with Crippen LogP contribution >= 0.6 is 0 Å². The van der Waals surface area contributed by atoms with E-state index in [1.54, 1.807) is 5.56 Å². The van der Waals surface area contributed by atoms with Crippen LogP contribution in [-0.2, 0) is 0 Å². The summed E-state index contributed by atoms with van der Waals surface area (Å²) >= 11 is 0. The van der Waals surface area contributed by atoms with Crippen LogP contribution in [-0.4, -0.2) is 6.54 Å². The summed E-state index contributed by atoms with van der Waals surface area (Å²) in [5.74, 6) is 0.988. The molecule has 1 aromatic rings. The van der Waals surface area contributed by atoms with Crippen molar-refractivity contribution in [2.75, 3.05) is 6.54 Å². The highest BCUT2D eigenvalue weighted by Gasteiger charge is 2.20. The summed E-state index contributed by atoms with van der Waals surface area (Å²) in [7, 11) is 0. The third kappa shape index (κ3) is 3.85. The Hall–Kier alpha value is -0.820. The van der Waals surface area contributed by atoms with Gasteiger partial charge in [0.1, 0.15) is 0 Å². The molecule has 1 aliphatic rings. The van der Waals surface area contributed by atoms with Crippen LogP contribution in [0.15, 0.2) is 12.1 Å².